The number of halogens is 3. The van der Waals surface area contributed by atoms with E-state index in [0.717, 1.165) is 0 Å². The molecule has 1 aliphatic carbocycles. The number of carbonyl (C=O) groups is 1. The number of hydrogen-bond donors (Lipinski definition) is 3. The van der Waals surface area contributed by atoms with Crippen LogP contribution in [0.1, 0.15) is 36.7 Å². The molecule has 0 fully saturated rings. The molecule has 1 aromatic heterocycles. The van der Waals surface area contributed by atoms with Gasteiger partial charge in [-0.2, -0.15) is 0 Å². The Labute approximate surface area is 176 Å². The number of hydrogen-bond acceptors (Lipinski definition) is 4. The Kier molecular flexibility index (Phi) is 6.54. The van der Waals surface area contributed by atoms with E-state index in [2.05, 4.69) is 5.32 Å². The Bertz CT molecular complexity index is 1140. The number of benzene rings is 1. The fraction of sp³-hybridized carbons (Fsp3) is 0.364. The molecule has 31 heavy (non-hydrogen) atoms. The molecule has 166 valence electrons. The number of anilines is 1. The Hall–Kier alpha value is -3.07. The summed E-state index contributed by atoms with van der Waals surface area (Å²) < 4.78 is 42.6. The van der Waals surface area contributed by atoms with Gasteiger partial charge in [-0.25, -0.2) is 18.0 Å². The molecule has 1 unspecified atom stereocenters. The smallest absolute Gasteiger partial charge is 0.341 e. The lowest BCUT2D eigenvalue weighted by atomic mass is 10.0. The van der Waals surface area contributed by atoms with E-state index in [-0.39, 0.29) is 30.0 Å². The van der Waals surface area contributed by atoms with Crippen molar-refractivity contribution in [2.45, 2.75) is 32.5 Å². The van der Waals surface area contributed by atoms with E-state index in [4.69, 9.17) is 0 Å². The second-order valence-electron chi connectivity index (χ2n) is 7.78. The first-order chi connectivity index (χ1) is 14.6. The van der Waals surface area contributed by atoms with Crippen molar-refractivity contribution in [1.29, 1.82) is 0 Å². The van der Waals surface area contributed by atoms with Gasteiger partial charge in [0.15, 0.2) is 0 Å². The molecule has 0 radical (unpaired) electrons. The summed E-state index contributed by atoms with van der Waals surface area (Å²) in [6.07, 6.45) is -0.319. The number of carboxylic acids is 1. The van der Waals surface area contributed by atoms with Crippen molar-refractivity contribution in [2.75, 3.05) is 18.5 Å². The number of aliphatic hydroxyl groups is 1. The number of pyridine rings is 1. The summed E-state index contributed by atoms with van der Waals surface area (Å²) >= 11 is 0. The van der Waals surface area contributed by atoms with Crippen molar-refractivity contribution < 1.29 is 28.2 Å². The molecule has 0 saturated heterocycles. The number of nitrogens with one attached hydrogen (secondary N) is 1. The molecule has 0 spiro atoms. The maximum Gasteiger partial charge on any atom is 0.341 e. The molecule has 0 aliphatic heterocycles. The topological polar surface area (TPSA) is 91.6 Å². The Morgan fingerprint density at radius 3 is 2.61 bits per heavy atom. The number of alkyl halides is 1. The van der Waals surface area contributed by atoms with Crippen LogP contribution in [0, 0.1) is 5.92 Å². The van der Waals surface area contributed by atoms with E-state index in [0.29, 0.717) is 17.3 Å². The summed E-state index contributed by atoms with van der Waals surface area (Å²) in [6, 6.07) is 4.09. The van der Waals surface area contributed by atoms with Crippen LogP contribution in [0.4, 0.5) is 18.9 Å². The Morgan fingerprint density at radius 2 is 2.03 bits per heavy atom. The predicted octanol–water partition coefficient (Wildman–Crippen LogP) is 4.12. The summed E-state index contributed by atoms with van der Waals surface area (Å²) in [5, 5.41) is 22.1. The van der Waals surface area contributed by atoms with Crippen LogP contribution in [0.2, 0.25) is 0 Å². The van der Waals surface area contributed by atoms with Gasteiger partial charge < -0.3 is 20.1 Å². The van der Waals surface area contributed by atoms with E-state index in [1.54, 1.807) is 16.7 Å². The monoisotopic (exact) mass is 436 g/mol. The van der Waals surface area contributed by atoms with Crippen LogP contribution in [0.3, 0.4) is 0 Å². The first-order valence-electron chi connectivity index (χ1n) is 9.80. The number of allylic oxidation sites excluding steroid dienone is 2. The minimum Gasteiger partial charge on any atom is -0.477 e. The number of fused-ring (bicyclic) bond motifs is 1. The quantitative estimate of drug-likeness (QED) is 0.607. The van der Waals surface area contributed by atoms with Gasteiger partial charge >= 0.3 is 5.97 Å². The minimum atomic E-state index is -1.71. The number of aliphatic hydroxyl groups excluding tert-OH is 1. The van der Waals surface area contributed by atoms with Crippen molar-refractivity contribution in [3.8, 4) is 0 Å². The highest BCUT2D eigenvalue weighted by Crippen LogP contribution is 2.30. The third-order valence-electron chi connectivity index (χ3n) is 5.36. The van der Waals surface area contributed by atoms with E-state index < -0.39 is 47.2 Å². The molecule has 0 bridgehead atoms. The fourth-order valence-corrected chi connectivity index (χ4v) is 3.63. The highest BCUT2D eigenvalue weighted by molar-refractivity contribution is 5.93. The van der Waals surface area contributed by atoms with Crippen molar-refractivity contribution in [3.05, 3.63) is 63.5 Å². The lowest BCUT2D eigenvalue weighted by Crippen LogP contribution is -2.25. The Morgan fingerprint density at radius 1 is 1.32 bits per heavy atom. The molecule has 3 N–H and O–H groups in total. The van der Waals surface area contributed by atoms with Gasteiger partial charge in [0.25, 0.3) is 0 Å². The first kappa shape index (κ1) is 22.6. The summed E-state index contributed by atoms with van der Waals surface area (Å²) in [5.41, 5.74) is -0.710. The molecule has 1 aliphatic rings. The van der Waals surface area contributed by atoms with Gasteiger partial charge in [-0.1, -0.05) is 13.8 Å². The molecule has 9 heteroatoms. The molecule has 1 heterocycles. The second-order valence-corrected chi connectivity index (χ2v) is 7.78. The zero-order chi connectivity index (χ0) is 22.9. The second kappa shape index (κ2) is 8.97. The van der Waals surface area contributed by atoms with E-state index >= 15 is 0 Å². The number of nitrogens with zero attached hydrogens (tertiary/aromatic N) is 1. The Balaban J connectivity index is 2.04. The van der Waals surface area contributed by atoms with Gasteiger partial charge in [-0.3, -0.25) is 4.79 Å². The number of carboxylic acid groups (broad SMARTS) is 1. The van der Waals surface area contributed by atoms with Crippen LogP contribution < -0.4 is 10.7 Å². The molecule has 0 saturated carbocycles. The van der Waals surface area contributed by atoms with Gasteiger partial charge in [-0.15, -0.1) is 0 Å². The molecule has 0 amide bonds. The van der Waals surface area contributed by atoms with Crippen LogP contribution in [-0.4, -0.2) is 40.1 Å². The summed E-state index contributed by atoms with van der Waals surface area (Å²) in [5.74, 6) is -3.32. The maximum atomic E-state index is 13.9. The van der Waals surface area contributed by atoms with Gasteiger partial charge in [0.2, 0.25) is 5.43 Å². The van der Waals surface area contributed by atoms with Crippen molar-refractivity contribution in [2.24, 2.45) is 5.92 Å². The van der Waals surface area contributed by atoms with E-state index in [9.17, 15) is 33.0 Å². The predicted molar refractivity (Wildman–Crippen MR) is 111 cm³/mol. The van der Waals surface area contributed by atoms with Crippen LogP contribution >= 0.6 is 0 Å². The molecular formula is C22H23F3N2O4. The highest BCUT2D eigenvalue weighted by atomic mass is 19.2. The van der Waals surface area contributed by atoms with E-state index in [1.807, 2.05) is 13.8 Å². The van der Waals surface area contributed by atoms with Gasteiger partial charge in [0.05, 0.1) is 18.2 Å². The van der Waals surface area contributed by atoms with Gasteiger partial charge in [0.1, 0.15) is 23.4 Å². The molecule has 2 atom stereocenters. The summed E-state index contributed by atoms with van der Waals surface area (Å²) in [7, 11) is 0. The first-order valence-corrected chi connectivity index (χ1v) is 9.80. The summed E-state index contributed by atoms with van der Waals surface area (Å²) in [6.45, 7) is 3.18. The zero-order valence-corrected chi connectivity index (χ0v) is 17.0. The minimum absolute atomic E-state index is 0.0505. The lowest BCUT2D eigenvalue weighted by molar-refractivity contribution is 0.0694. The number of rotatable bonds is 7. The van der Waals surface area contributed by atoms with Crippen LogP contribution in [0.25, 0.3) is 10.9 Å². The maximum absolute atomic E-state index is 13.9. The zero-order valence-electron chi connectivity index (χ0n) is 17.0. The molecule has 3 rings (SSSR count). The standard InChI is InChI=1S/C22H23F3N2O4/c1-11(2)20(10-28)27-9-16(22(30)31)21(29)14-7-13(3-4-19(14)27)26-8-15-17(24)5-12(23)6-18(15)25/h3-5,7,9,11-12,20,26,28H,6,8,10H2,1-2H3,(H,30,31)/t12?,20-/m1/s1. The van der Waals surface area contributed by atoms with Crippen molar-refractivity contribution >= 4 is 22.6 Å². The van der Waals surface area contributed by atoms with Crippen molar-refractivity contribution in [3.63, 3.8) is 0 Å². The number of aromatic carboxylic acids is 1. The van der Waals surface area contributed by atoms with Crippen LogP contribution in [-0.2, 0) is 0 Å². The van der Waals surface area contributed by atoms with Crippen LogP contribution in [0.15, 0.2) is 52.5 Å². The van der Waals surface area contributed by atoms with Gasteiger partial charge in [0, 0.05) is 35.8 Å². The highest BCUT2D eigenvalue weighted by Gasteiger charge is 2.23. The van der Waals surface area contributed by atoms with Gasteiger partial charge in [-0.05, 0) is 30.2 Å². The SMILES string of the molecule is CC(C)[C@@H](CO)n1cc(C(=O)O)c(=O)c2cc(NCC3=C(F)CC(F)C=C3F)ccc21. The average molecular weight is 436 g/mol. The molecule has 1 aromatic carbocycles. The normalized spacial score (nSPS) is 17.8. The molecule has 2 aromatic rings. The third kappa shape index (κ3) is 4.51. The van der Waals surface area contributed by atoms with Crippen LogP contribution in [0.5, 0.6) is 0 Å². The largest absolute Gasteiger partial charge is 0.477 e. The average Bonchev–Trinajstić information content (AvgIpc) is 2.69. The lowest BCUT2D eigenvalue weighted by Gasteiger charge is -2.25. The van der Waals surface area contributed by atoms with Crippen molar-refractivity contribution in [1.82, 2.24) is 4.57 Å². The summed E-state index contributed by atoms with van der Waals surface area (Å²) in [4.78, 5) is 24.3. The molecular weight excluding hydrogens is 413 g/mol. The van der Waals surface area contributed by atoms with E-state index in [1.165, 1.54) is 12.3 Å². The molecule has 6 nitrogen and oxygen atoms in total. The number of aromatic nitrogens is 1. The fourth-order valence-electron chi connectivity index (χ4n) is 3.63. The third-order valence-corrected chi connectivity index (χ3v) is 5.36.